The van der Waals surface area contributed by atoms with Crippen LogP contribution in [0, 0.1) is 11.7 Å². The quantitative estimate of drug-likeness (QED) is 0.675. The molecular formula is C12H16ClFO. The highest BCUT2D eigenvalue weighted by molar-refractivity contribution is 6.17. The molecule has 0 bridgehead atoms. The Balaban J connectivity index is 2.22. The van der Waals surface area contributed by atoms with E-state index >= 15 is 0 Å². The molecule has 3 heteroatoms. The molecule has 0 spiro atoms. The van der Waals surface area contributed by atoms with Crippen LogP contribution in [0.2, 0.25) is 0 Å². The van der Waals surface area contributed by atoms with E-state index in [1.165, 1.54) is 12.1 Å². The van der Waals surface area contributed by atoms with Crippen molar-refractivity contribution >= 4 is 11.6 Å². The molecule has 0 aromatic heterocycles. The summed E-state index contributed by atoms with van der Waals surface area (Å²) in [5.41, 5.74) is 0. The van der Waals surface area contributed by atoms with Gasteiger partial charge >= 0.3 is 0 Å². The predicted octanol–water partition coefficient (Wildman–Crippen LogP) is 3.86. The minimum absolute atomic E-state index is 0.238. The van der Waals surface area contributed by atoms with Crippen molar-refractivity contribution in [3.05, 3.63) is 30.1 Å². The fraction of sp³-hybridized carbons (Fsp3) is 0.500. The predicted molar refractivity (Wildman–Crippen MR) is 61.0 cm³/mol. The highest BCUT2D eigenvalue weighted by atomic mass is 35.5. The Morgan fingerprint density at radius 3 is 2.53 bits per heavy atom. The van der Waals surface area contributed by atoms with Crippen LogP contribution >= 0.6 is 11.6 Å². The van der Waals surface area contributed by atoms with Crippen LogP contribution in [0.4, 0.5) is 4.39 Å². The molecule has 0 aliphatic rings. The molecule has 0 radical (unpaired) electrons. The molecule has 0 saturated carbocycles. The molecule has 0 amide bonds. The molecule has 0 aliphatic heterocycles. The fourth-order valence-electron chi connectivity index (χ4n) is 1.24. The van der Waals surface area contributed by atoms with Crippen molar-refractivity contribution in [1.82, 2.24) is 0 Å². The lowest BCUT2D eigenvalue weighted by molar-refractivity contribution is 0.281. The first-order chi connectivity index (χ1) is 7.22. The molecule has 15 heavy (non-hydrogen) atoms. The Morgan fingerprint density at radius 2 is 1.93 bits per heavy atom. The minimum Gasteiger partial charge on any atom is -0.494 e. The van der Waals surface area contributed by atoms with E-state index in [-0.39, 0.29) is 5.82 Å². The molecule has 0 N–H and O–H groups in total. The fourth-order valence-corrected chi connectivity index (χ4v) is 1.61. The summed E-state index contributed by atoms with van der Waals surface area (Å²) in [6.07, 6.45) is 1.98. The number of rotatable bonds is 6. The van der Waals surface area contributed by atoms with Crippen LogP contribution in [0.5, 0.6) is 5.75 Å². The maximum absolute atomic E-state index is 12.6. The van der Waals surface area contributed by atoms with Crippen LogP contribution < -0.4 is 4.74 Å². The molecule has 0 aliphatic carbocycles. The van der Waals surface area contributed by atoms with Crippen LogP contribution in [-0.2, 0) is 0 Å². The third-order valence-electron chi connectivity index (χ3n) is 2.29. The molecule has 1 unspecified atom stereocenters. The van der Waals surface area contributed by atoms with Crippen molar-refractivity contribution in [1.29, 1.82) is 0 Å². The highest BCUT2D eigenvalue weighted by Crippen LogP contribution is 2.13. The largest absolute Gasteiger partial charge is 0.494 e. The minimum atomic E-state index is -0.238. The van der Waals surface area contributed by atoms with E-state index < -0.39 is 0 Å². The summed E-state index contributed by atoms with van der Waals surface area (Å²) >= 11 is 5.63. The van der Waals surface area contributed by atoms with Gasteiger partial charge in [-0.05, 0) is 43.0 Å². The molecular weight excluding hydrogens is 215 g/mol. The number of ether oxygens (including phenoxy) is 1. The van der Waals surface area contributed by atoms with Crippen LogP contribution in [0.25, 0.3) is 0 Å². The van der Waals surface area contributed by atoms with Crippen LogP contribution in [0.15, 0.2) is 24.3 Å². The number of hydrogen-bond acceptors (Lipinski definition) is 1. The summed E-state index contributed by atoms with van der Waals surface area (Å²) < 4.78 is 18.0. The van der Waals surface area contributed by atoms with E-state index in [1.54, 1.807) is 12.1 Å². The van der Waals surface area contributed by atoms with Crippen LogP contribution in [0.3, 0.4) is 0 Å². The lowest BCUT2D eigenvalue weighted by Crippen LogP contribution is -2.04. The number of halogens is 2. The summed E-state index contributed by atoms with van der Waals surface area (Å²) in [5.74, 6) is 1.74. The lowest BCUT2D eigenvalue weighted by atomic mass is 10.1. The van der Waals surface area contributed by atoms with Crippen molar-refractivity contribution in [2.45, 2.75) is 19.8 Å². The highest BCUT2D eigenvalue weighted by Gasteiger charge is 2.01. The van der Waals surface area contributed by atoms with Crippen molar-refractivity contribution in [3.8, 4) is 5.75 Å². The summed E-state index contributed by atoms with van der Waals surface area (Å²) in [4.78, 5) is 0. The van der Waals surface area contributed by atoms with Gasteiger partial charge in [0, 0.05) is 5.88 Å². The Labute approximate surface area is 95.2 Å². The standard InChI is InChI=1S/C12H16ClFO/c1-10(6-8-13)7-9-15-12-4-2-11(14)3-5-12/h2-5,10H,6-9H2,1H3. The van der Waals surface area contributed by atoms with E-state index in [2.05, 4.69) is 6.92 Å². The lowest BCUT2D eigenvalue weighted by Gasteiger charge is -2.10. The van der Waals surface area contributed by atoms with Crippen LogP contribution in [-0.4, -0.2) is 12.5 Å². The summed E-state index contributed by atoms with van der Waals surface area (Å²) in [5, 5.41) is 0. The van der Waals surface area contributed by atoms with Gasteiger partial charge in [-0.2, -0.15) is 0 Å². The molecule has 1 nitrogen and oxygen atoms in total. The number of alkyl halides is 1. The van der Waals surface area contributed by atoms with Gasteiger partial charge in [-0.25, -0.2) is 4.39 Å². The Hall–Kier alpha value is -0.760. The van der Waals surface area contributed by atoms with E-state index in [4.69, 9.17) is 16.3 Å². The van der Waals surface area contributed by atoms with E-state index in [0.717, 1.165) is 18.6 Å². The molecule has 1 aromatic rings. The second-order valence-corrected chi connectivity index (χ2v) is 4.05. The van der Waals surface area contributed by atoms with E-state index in [9.17, 15) is 4.39 Å². The van der Waals surface area contributed by atoms with Gasteiger partial charge in [0.25, 0.3) is 0 Å². The topological polar surface area (TPSA) is 9.23 Å². The molecule has 1 rings (SSSR count). The van der Waals surface area contributed by atoms with Gasteiger partial charge < -0.3 is 4.74 Å². The van der Waals surface area contributed by atoms with Crippen molar-refractivity contribution in [3.63, 3.8) is 0 Å². The normalized spacial score (nSPS) is 12.5. The van der Waals surface area contributed by atoms with Crippen LogP contribution in [0.1, 0.15) is 19.8 Å². The zero-order valence-corrected chi connectivity index (χ0v) is 9.64. The van der Waals surface area contributed by atoms with Crippen molar-refractivity contribution in [2.24, 2.45) is 5.92 Å². The molecule has 0 heterocycles. The first-order valence-electron chi connectivity index (χ1n) is 5.16. The number of benzene rings is 1. The van der Waals surface area contributed by atoms with E-state index in [0.29, 0.717) is 18.4 Å². The smallest absolute Gasteiger partial charge is 0.123 e. The zero-order chi connectivity index (χ0) is 11.1. The second-order valence-electron chi connectivity index (χ2n) is 3.67. The molecule has 0 fully saturated rings. The van der Waals surface area contributed by atoms with Gasteiger partial charge in [-0.3, -0.25) is 0 Å². The maximum atomic E-state index is 12.6. The Morgan fingerprint density at radius 1 is 1.27 bits per heavy atom. The molecule has 1 atom stereocenters. The Kier molecular flexibility index (Phi) is 5.48. The summed E-state index contributed by atoms with van der Waals surface area (Å²) in [6, 6.07) is 6.08. The SMILES string of the molecule is CC(CCCl)CCOc1ccc(F)cc1. The average Bonchev–Trinajstić information content (AvgIpc) is 2.21. The maximum Gasteiger partial charge on any atom is 0.123 e. The third kappa shape index (κ3) is 5.03. The van der Waals surface area contributed by atoms with Gasteiger partial charge in [-0.1, -0.05) is 6.92 Å². The van der Waals surface area contributed by atoms with Crippen molar-refractivity contribution in [2.75, 3.05) is 12.5 Å². The summed E-state index contributed by atoms with van der Waals surface area (Å²) in [7, 11) is 0. The van der Waals surface area contributed by atoms with Gasteiger partial charge in [0.15, 0.2) is 0 Å². The first-order valence-corrected chi connectivity index (χ1v) is 5.70. The van der Waals surface area contributed by atoms with Gasteiger partial charge in [0.05, 0.1) is 6.61 Å². The first kappa shape index (κ1) is 12.3. The monoisotopic (exact) mass is 230 g/mol. The number of hydrogen-bond donors (Lipinski definition) is 0. The second kappa shape index (κ2) is 6.67. The van der Waals surface area contributed by atoms with Gasteiger partial charge in [0.2, 0.25) is 0 Å². The Bertz CT molecular complexity index is 273. The molecule has 84 valence electrons. The van der Waals surface area contributed by atoms with E-state index in [1.807, 2.05) is 0 Å². The van der Waals surface area contributed by atoms with Crippen molar-refractivity contribution < 1.29 is 9.13 Å². The average molecular weight is 231 g/mol. The summed E-state index contributed by atoms with van der Waals surface area (Å²) in [6.45, 7) is 2.81. The molecule has 1 aromatic carbocycles. The third-order valence-corrected chi connectivity index (χ3v) is 2.51. The molecule has 0 saturated heterocycles. The van der Waals surface area contributed by atoms with Gasteiger partial charge in [0.1, 0.15) is 11.6 Å². The van der Waals surface area contributed by atoms with Gasteiger partial charge in [-0.15, -0.1) is 11.6 Å². The zero-order valence-electron chi connectivity index (χ0n) is 8.88.